The summed E-state index contributed by atoms with van der Waals surface area (Å²) in [6, 6.07) is 5.28. The molecule has 0 bridgehead atoms. The molecule has 37 heavy (non-hydrogen) atoms. The number of cyclic esters (lactones) is 1. The summed E-state index contributed by atoms with van der Waals surface area (Å²) in [6.45, 7) is 9.70. The molecular weight excluding hydrogens is 494 g/mol. The summed E-state index contributed by atoms with van der Waals surface area (Å²) >= 11 is 0. The van der Waals surface area contributed by atoms with Gasteiger partial charge in [-0.05, 0) is 63.3 Å². The second-order valence-electron chi connectivity index (χ2n) is 10.6. The first-order valence-corrected chi connectivity index (χ1v) is 14.1. The molecule has 10 nitrogen and oxygen atoms in total. The van der Waals surface area contributed by atoms with Crippen molar-refractivity contribution in [1.82, 2.24) is 15.0 Å². The topological polar surface area (TPSA) is 146 Å². The Labute approximate surface area is 216 Å². The largest absolute Gasteiger partial charge is 0.477 e. The zero-order valence-corrected chi connectivity index (χ0v) is 22.8. The number of nitrogens with zero attached hydrogens (tertiary/aromatic N) is 3. The van der Waals surface area contributed by atoms with E-state index in [4.69, 9.17) is 20.2 Å². The molecule has 1 aliphatic heterocycles. The molecule has 1 atom stereocenters. The van der Waals surface area contributed by atoms with Crippen LogP contribution in [0.1, 0.15) is 68.6 Å². The smallest absolute Gasteiger partial charge is 0.340 e. The number of sulfone groups is 1. The Kier molecular flexibility index (Phi) is 6.89. The zero-order chi connectivity index (χ0) is 27.2. The molecule has 0 radical (unpaired) electrons. The number of rotatable bonds is 8. The molecule has 0 aliphatic carbocycles. The van der Waals surface area contributed by atoms with E-state index >= 15 is 0 Å². The summed E-state index contributed by atoms with van der Waals surface area (Å²) in [4.78, 5) is 26.1. The molecular formula is C26H33N5O5S. The fourth-order valence-electron chi connectivity index (χ4n) is 4.19. The van der Waals surface area contributed by atoms with Crippen LogP contribution in [0, 0.1) is 0 Å². The fraction of sp³-hybridized carbons (Fsp3) is 0.462. The number of ether oxygens (including phenoxy) is 2. The van der Waals surface area contributed by atoms with E-state index in [2.05, 4.69) is 15.3 Å². The summed E-state index contributed by atoms with van der Waals surface area (Å²) in [5, 5.41) is 4.70. The van der Waals surface area contributed by atoms with Crippen LogP contribution in [-0.4, -0.2) is 53.6 Å². The summed E-state index contributed by atoms with van der Waals surface area (Å²) in [6.07, 6.45) is 4.87. The number of aromatic nitrogens is 3. The zero-order valence-electron chi connectivity index (χ0n) is 22.0. The number of esters is 1. The first-order valence-electron chi connectivity index (χ1n) is 12.1. The fourth-order valence-corrected chi connectivity index (χ4v) is 4.83. The Morgan fingerprint density at radius 1 is 1.16 bits per heavy atom. The minimum Gasteiger partial charge on any atom is -0.477 e. The lowest BCUT2D eigenvalue weighted by atomic mass is 9.84. The average molecular weight is 528 g/mol. The van der Waals surface area contributed by atoms with Gasteiger partial charge in [-0.1, -0.05) is 6.92 Å². The third kappa shape index (κ3) is 5.83. The molecule has 198 valence electrons. The Hall–Kier alpha value is -3.31. The summed E-state index contributed by atoms with van der Waals surface area (Å²) < 4.78 is 34.2. The standard InChI is InChI=1S/C26H33N5O5S/c1-15-22-16(24(32)36-26(15,4)5)8-9-20(31-22)30-21-12-17-18(13-28-21)23(29-14-19(17)25(2,3)27)35-10-7-11-37(6,33)34/h8-9,12-15H,7,10-11,27H2,1-6H3,(H,28,30,31)/t15-/m1/s1. The molecule has 0 saturated carbocycles. The second kappa shape index (κ2) is 9.53. The lowest BCUT2D eigenvalue weighted by molar-refractivity contribution is -0.0189. The molecule has 3 aromatic rings. The highest BCUT2D eigenvalue weighted by molar-refractivity contribution is 7.90. The molecule has 0 unspecified atom stereocenters. The van der Waals surface area contributed by atoms with Crippen molar-refractivity contribution in [2.24, 2.45) is 5.73 Å². The number of anilines is 2. The minimum atomic E-state index is -3.07. The van der Waals surface area contributed by atoms with Crippen molar-refractivity contribution in [3.63, 3.8) is 0 Å². The van der Waals surface area contributed by atoms with Gasteiger partial charge in [-0.2, -0.15) is 0 Å². The van der Waals surface area contributed by atoms with Gasteiger partial charge >= 0.3 is 5.97 Å². The van der Waals surface area contributed by atoms with Crippen LogP contribution in [0.25, 0.3) is 10.8 Å². The van der Waals surface area contributed by atoms with Crippen molar-refractivity contribution in [2.75, 3.05) is 23.9 Å². The number of fused-ring (bicyclic) bond motifs is 2. The first-order chi connectivity index (χ1) is 17.2. The van der Waals surface area contributed by atoms with E-state index < -0.39 is 21.0 Å². The van der Waals surface area contributed by atoms with Crippen LogP contribution in [-0.2, 0) is 20.1 Å². The molecule has 0 fully saturated rings. The highest BCUT2D eigenvalue weighted by atomic mass is 32.2. The van der Waals surface area contributed by atoms with Gasteiger partial charge in [-0.15, -0.1) is 0 Å². The van der Waals surface area contributed by atoms with Crippen LogP contribution in [0.3, 0.4) is 0 Å². The first kappa shape index (κ1) is 26.7. The molecule has 3 N–H and O–H groups in total. The van der Waals surface area contributed by atoms with Gasteiger partial charge in [0.05, 0.1) is 29.0 Å². The monoisotopic (exact) mass is 527 g/mol. The molecule has 4 heterocycles. The van der Waals surface area contributed by atoms with Crippen LogP contribution < -0.4 is 15.8 Å². The molecule has 11 heteroatoms. The van der Waals surface area contributed by atoms with E-state index in [9.17, 15) is 13.2 Å². The molecule has 0 aromatic carbocycles. The number of carbonyl (C=O) groups excluding carboxylic acids is 1. The van der Waals surface area contributed by atoms with Crippen LogP contribution in [0.5, 0.6) is 5.88 Å². The van der Waals surface area contributed by atoms with Crippen LogP contribution >= 0.6 is 0 Å². The predicted molar refractivity (Wildman–Crippen MR) is 142 cm³/mol. The third-order valence-electron chi connectivity index (χ3n) is 6.54. The number of pyridine rings is 3. The van der Waals surface area contributed by atoms with Gasteiger partial charge in [0.25, 0.3) is 0 Å². The van der Waals surface area contributed by atoms with E-state index in [0.717, 1.165) is 10.9 Å². The van der Waals surface area contributed by atoms with Gasteiger partial charge in [0.15, 0.2) is 0 Å². The van der Waals surface area contributed by atoms with E-state index in [0.29, 0.717) is 40.6 Å². The normalized spacial score (nSPS) is 17.3. The SMILES string of the molecule is C[C@@H]1c2nc(Nc3cc4c(C(C)(C)N)cnc(OCCCS(C)(=O)=O)c4cn3)ccc2C(=O)OC1(C)C. The molecule has 0 saturated heterocycles. The van der Waals surface area contributed by atoms with Crippen molar-refractivity contribution in [2.45, 2.75) is 58.1 Å². The van der Waals surface area contributed by atoms with Crippen LogP contribution in [0.15, 0.2) is 30.6 Å². The summed E-state index contributed by atoms with van der Waals surface area (Å²) in [5.41, 5.74) is 7.01. The maximum absolute atomic E-state index is 12.4. The summed E-state index contributed by atoms with van der Waals surface area (Å²) in [5.74, 6) is 0.994. The Bertz CT molecular complexity index is 1460. The molecule has 4 rings (SSSR count). The van der Waals surface area contributed by atoms with Crippen molar-refractivity contribution < 1.29 is 22.7 Å². The van der Waals surface area contributed by atoms with Gasteiger partial charge in [0.1, 0.15) is 27.1 Å². The van der Waals surface area contributed by atoms with Gasteiger partial charge in [-0.3, -0.25) is 0 Å². The number of hydrogen-bond acceptors (Lipinski definition) is 10. The van der Waals surface area contributed by atoms with Crippen LogP contribution in [0.4, 0.5) is 11.6 Å². The minimum absolute atomic E-state index is 0.0342. The van der Waals surface area contributed by atoms with E-state index in [1.54, 1.807) is 24.5 Å². The Morgan fingerprint density at radius 2 is 1.89 bits per heavy atom. The van der Waals surface area contributed by atoms with E-state index in [1.165, 1.54) is 6.26 Å². The van der Waals surface area contributed by atoms with Gasteiger partial charge in [0, 0.05) is 30.1 Å². The molecule has 1 aliphatic rings. The number of hydrogen-bond donors (Lipinski definition) is 2. The van der Waals surface area contributed by atoms with Crippen molar-refractivity contribution in [1.29, 1.82) is 0 Å². The molecule has 0 amide bonds. The highest BCUT2D eigenvalue weighted by Gasteiger charge is 2.40. The maximum Gasteiger partial charge on any atom is 0.340 e. The number of nitrogens with two attached hydrogens (primary N) is 1. The molecule has 0 spiro atoms. The predicted octanol–water partition coefficient (Wildman–Crippen LogP) is 3.83. The lowest BCUT2D eigenvalue weighted by Crippen LogP contribution is -2.39. The van der Waals surface area contributed by atoms with Crippen molar-refractivity contribution >= 4 is 38.2 Å². The van der Waals surface area contributed by atoms with E-state index in [-0.39, 0.29) is 24.2 Å². The lowest BCUT2D eigenvalue weighted by Gasteiger charge is -2.36. The van der Waals surface area contributed by atoms with Crippen molar-refractivity contribution in [3.8, 4) is 5.88 Å². The average Bonchev–Trinajstić information content (AvgIpc) is 2.78. The van der Waals surface area contributed by atoms with Gasteiger partial charge in [-0.25, -0.2) is 28.2 Å². The van der Waals surface area contributed by atoms with Gasteiger partial charge < -0.3 is 20.5 Å². The van der Waals surface area contributed by atoms with Gasteiger partial charge in [0.2, 0.25) is 5.88 Å². The number of carbonyl (C=O) groups is 1. The van der Waals surface area contributed by atoms with Crippen molar-refractivity contribution in [3.05, 3.63) is 47.4 Å². The highest BCUT2D eigenvalue weighted by Crippen LogP contribution is 2.38. The summed E-state index contributed by atoms with van der Waals surface area (Å²) in [7, 11) is -3.07. The Balaban J connectivity index is 1.67. The van der Waals surface area contributed by atoms with Crippen LogP contribution in [0.2, 0.25) is 0 Å². The Morgan fingerprint density at radius 3 is 2.57 bits per heavy atom. The molecule has 3 aromatic heterocycles. The number of nitrogens with one attached hydrogen (secondary N) is 1. The second-order valence-corrected chi connectivity index (χ2v) is 12.9. The van der Waals surface area contributed by atoms with E-state index in [1.807, 2.05) is 40.7 Å². The third-order valence-corrected chi connectivity index (χ3v) is 7.57. The maximum atomic E-state index is 12.4. The quantitative estimate of drug-likeness (QED) is 0.327.